The van der Waals surface area contributed by atoms with E-state index in [2.05, 4.69) is 11.9 Å². The summed E-state index contributed by atoms with van der Waals surface area (Å²) in [6.45, 7) is 4.09. The molecule has 0 fully saturated rings. The van der Waals surface area contributed by atoms with Crippen molar-refractivity contribution in [3.8, 4) is 0 Å². The maximum absolute atomic E-state index is 12.7. The third-order valence-electron chi connectivity index (χ3n) is 3.36. The zero-order chi connectivity index (χ0) is 14.9. The van der Waals surface area contributed by atoms with E-state index in [0.29, 0.717) is 16.9 Å². The van der Waals surface area contributed by atoms with Crippen LogP contribution in [0.25, 0.3) is 11.0 Å². The molecule has 1 aromatic heterocycles. The summed E-state index contributed by atoms with van der Waals surface area (Å²) >= 11 is 5.87. The predicted molar refractivity (Wildman–Crippen MR) is 73.9 cm³/mol. The minimum absolute atomic E-state index is 0.162. The van der Waals surface area contributed by atoms with E-state index in [1.54, 1.807) is 0 Å². The number of fused-ring (bicyclic) bond motifs is 1. The van der Waals surface area contributed by atoms with Crippen molar-refractivity contribution in [3.63, 3.8) is 0 Å². The molecule has 0 radical (unpaired) electrons. The van der Waals surface area contributed by atoms with E-state index in [1.807, 2.05) is 11.5 Å². The van der Waals surface area contributed by atoms with Crippen LogP contribution in [-0.4, -0.2) is 9.55 Å². The number of rotatable bonds is 4. The molecule has 110 valence electrons. The fourth-order valence-corrected chi connectivity index (χ4v) is 2.65. The van der Waals surface area contributed by atoms with E-state index in [1.165, 1.54) is 6.07 Å². The van der Waals surface area contributed by atoms with Crippen molar-refractivity contribution in [2.75, 3.05) is 0 Å². The van der Waals surface area contributed by atoms with Crippen molar-refractivity contribution in [1.29, 1.82) is 0 Å². The van der Waals surface area contributed by atoms with Crippen LogP contribution in [0, 0.1) is 0 Å². The first-order valence-electron chi connectivity index (χ1n) is 6.52. The van der Waals surface area contributed by atoms with Gasteiger partial charge in [0, 0.05) is 6.04 Å². The Kier molecular flexibility index (Phi) is 4.28. The number of alkyl halides is 4. The fraction of sp³-hybridized carbons (Fsp3) is 0.500. The summed E-state index contributed by atoms with van der Waals surface area (Å²) in [7, 11) is 0. The lowest BCUT2D eigenvalue weighted by molar-refractivity contribution is -0.137. The lowest BCUT2D eigenvalue weighted by Crippen LogP contribution is -2.08. The molecular weight excluding hydrogens is 289 g/mol. The van der Waals surface area contributed by atoms with Gasteiger partial charge in [0.15, 0.2) is 0 Å². The summed E-state index contributed by atoms with van der Waals surface area (Å²) in [5.41, 5.74) is 0.368. The number of hydrogen-bond donors (Lipinski definition) is 0. The molecule has 0 aliphatic heterocycles. The Morgan fingerprint density at radius 1 is 1.35 bits per heavy atom. The molecule has 0 saturated heterocycles. The van der Waals surface area contributed by atoms with Gasteiger partial charge >= 0.3 is 6.18 Å². The average molecular weight is 305 g/mol. The maximum Gasteiger partial charge on any atom is 0.416 e. The van der Waals surface area contributed by atoms with Crippen LogP contribution in [0.2, 0.25) is 0 Å². The Morgan fingerprint density at radius 2 is 2.05 bits per heavy atom. The summed E-state index contributed by atoms with van der Waals surface area (Å²) < 4.78 is 40.1. The summed E-state index contributed by atoms with van der Waals surface area (Å²) in [5, 5.41) is 0. The molecule has 0 amide bonds. The van der Waals surface area contributed by atoms with Gasteiger partial charge in [0.1, 0.15) is 5.82 Å². The van der Waals surface area contributed by atoms with Crippen LogP contribution in [-0.2, 0) is 12.1 Å². The van der Waals surface area contributed by atoms with Gasteiger partial charge in [0.2, 0.25) is 0 Å². The largest absolute Gasteiger partial charge is 0.416 e. The Morgan fingerprint density at radius 3 is 2.60 bits per heavy atom. The van der Waals surface area contributed by atoms with E-state index in [9.17, 15) is 13.2 Å². The number of aromatic nitrogens is 2. The second-order valence-electron chi connectivity index (χ2n) is 4.87. The van der Waals surface area contributed by atoms with Crippen molar-refractivity contribution in [1.82, 2.24) is 9.55 Å². The number of nitrogens with zero attached hydrogens (tertiary/aromatic N) is 2. The van der Waals surface area contributed by atoms with Crippen LogP contribution < -0.4 is 0 Å². The molecule has 1 unspecified atom stereocenters. The Bertz CT molecular complexity index is 604. The van der Waals surface area contributed by atoms with Gasteiger partial charge in [-0.15, -0.1) is 11.6 Å². The molecule has 0 bridgehead atoms. The van der Waals surface area contributed by atoms with Gasteiger partial charge in [0.25, 0.3) is 0 Å². The summed E-state index contributed by atoms with van der Waals surface area (Å²) in [5.74, 6) is 0.798. The Labute approximate surface area is 120 Å². The molecule has 1 atom stereocenters. The summed E-state index contributed by atoms with van der Waals surface area (Å²) in [6.07, 6.45) is -2.44. The van der Waals surface area contributed by atoms with Crippen molar-refractivity contribution in [2.24, 2.45) is 0 Å². The third-order valence-corrected chi connectivity index (χ3v) is 3.60. The molecule has 0 aliphatic rings. The maximum atomic E-state index is 12.7. The summed E-state index contributed by atoms with van der Waals surface area (Å²) in [4.78, 5) is 4.24. The quantitative estimate of drug-likeness (QED) is 0.714. The first kappa shape index (κ1) is 15.2. The highest BCUT2D eigenvalue weighted by Gasteiger charge is 2.31. The van der Waals surface area contributed by atoms with Gasteiger partial charge < -0.3 is 4.57 Å². The molecule has 6 heteroatoms. The average Bonchev–Trinajstić information content (AvgIpc) is 2.75. The first-order chi connectivity index (χ1) is 9.38. The van der Waals surface area contributed by atoms with Crippen LogP contribution in [0.1, 0.15) is 44.1 Å². The molecule has 20 heavy (non-hydrogen) atoms. The van der Waals surface area contributed by atoms with Crippen molar-refractivity contribution >= 4 is 22.6 Å². The minimum Gasteiger partial charge on any atom is -0.324 e. The van der Waals surface area contributed by atoms with E-state index in [4.69, 9.17) is 11.6 Å². The van der Waals surface area contributed by atoms with Gasteiger partial charge in [-0.3, -0.25) is 0 Å². The van der Waals surface area contributed by atoms with Gasteiger partial charge in [0.05, 0.1) is 22.5 Å². The molecule has 0 saturated carbocycles. The molecule has 0 spiro atoms. The lowest BCUT2D eigenvalue weighted by Gasteiger charge is -2.16. The highest BCUT2D eigenvalue weighted by atomic mass is 35.5. The molecular formula is C14H16ClF3N2. The van der Waals surface area contributed by atoms with E-state index >= 15 is 0 Å². The van der Waals surface area contributed by atoms with Crippen molar-refractivity contribution < 1.29 is 13.2 Å². The van der Waals surface area contributed by atoms with E-state index < -0.39 is 11.7 Å². The lowest BCUT2D eigenvalue weighted by atomic mass is 10.1. The zero-order valence-electron chi connectivity index (χ0n) is 11.3. The Hall–Kier alpha value is -1.23. The number of benzene rings is 1. The number of halogens is 4. The molecule has 0 N–H and O–H groups in total. The van der Waals surface area contributed by atoms with Crippen molar-refractivity contribution in [2.45, 2.75) is 44.8 Å². The number of hydrogen-bond acceptors (Lipinski definition) is 1. The molecule has 2 aromatic rings. The smallest absolute Gasteiger partial charge is 0.324 e. The van der Waals surface area contributed by atoms with Crippen LogP contribution >= 0.6 is 11.6 Å². The van der Waals surface area contributed by atoms with Gasteiger partial charge in [-0.2, -0.15) is 13.2 Å². The second kappa shape index (κ2) is 5.64. The third kappa shape index (κ3) is 2.77. The van der Waals surface area contributed by atoms with Crippen molar-refractivity contribution in [3.05, 3.63) is 29.6 Å². The fourth-order valence-electron chi connectivity index (χ4n) is 2.46. The van der Waals surface area contributed by atoms with Crippen LogP contribution in [0.3, 0.4) is 0 Å². The van der Waals surface area contributed by atoms with Crippen LogP contribution in [0.4, 0.5) is 13.2 Å². The normalized spacial score (nSPS) is 13.9. The van der Waals surface area contributed by atoms with Gasteiger partial charge in [-0.05, 0) is 31.5 Å². The standard InChI is InChI=1S/C14H16ClF3N2/c1-3-4-9(2)20-12-6-5-10(14(16,17)18)7-11(12)19-13(20)8-15/h5-7,9H,3-4,8H2,1-2H3. The molecule has 2 rings (SSSR count). The van der Waals surface area contributed by atoms with E-state index in [0.717, 1.165) is 25.0 Å². The molecule has 1 heterocycles. The molecule has 0 aliphatic carbocycles. The zero-order valence-corrected chi connectivity index (χ0v) is 12.1. The minimum atomic E-state index is -4.35. The Balaban J connectivity index is 2.58. The summed E-state index contributed by atoms with van der Waals surface area (Å²) in [6, 6.07) is 3.82. The monoisotopic (exact) mass is 304 g/mol. The van der Waals surface area contributed by atoms with Crippen LogP contribution in [0.15, 0.2) is 18.2 Å². The molecule has 2 nitrogen and oxygen atoms in total. The highest BCUT2D eigenvalue weighted by molar-refractivity contribution is 6.16. The van der Waals surface area contributed by atoms with Gasteiger partial charge in [-0.25, -0.2) is 4.98 Å². The van der Waals surface area contributed by atoms with Gasteiger partial charge in [-0.1, -0.05) is 13.3 Å². The van der Waals surface area contributed by atoms with Crippen LogP contribution in [0.5, 0.6) is 0 Å². The first-order valence-corrected chi connectivity index (χ1v) is 7.06. The highest BCUT2D eigenvalue weighted by Crippen LogP contribution is 2.33. The van der Waals surface area contributed by atoms with E-state index in [-0.39, 0.29) is 11.9 Å². The molecule has 1 aromatic carbocycles. The number of imidazole rings is 1. The second-order valence-corrected chi connectivity index (χ2v) is 5.14. The topological polar surface area (TPSA) is 17.8 Å². The SMILES string of the molecule is CCCC(C)n1c(CCl)nc2cc(C(F)(F)F)ccc21. The predicted octanol–water partition coefficient (Wildman–Crippen LogP) is 5.16.